The zero-order chi connectivity index (χ0) is 18.9. The first-order valence-corrected chi connectivity index (χ1v) is 9.41. The number of rotatable bonds is 3. The normalized spacial score (nSPS) is 11.4. The van der Waals surface area contributed by atoms with Crippen molar-refractivity contribution >= 4 is 17.2 Å². The molecule has 0 spiro atoms. The molecule has 4 nitrogen and oxygen atoms in total. The monoisotopic (exact) mass is 365 g/mol. The SMILES string of the molecule is Cc1ccccc1-c1ccc(-c2nc(C(=O)N(C)C(C)(C)C)cs2)nc1. The first kappa shape index (κ1) is 18.3. The third kappa shape index (κ3) is 3.68. The summed E-state index contributed by atoms with van der Waals surface area (Å²) in [4.78, 5) is 23.3. The van der Waals surface area contributed by atoms with Gasteiger partial charge in [0, 0.05) is 29.7 Å². The molecule has 2 heterocycles. The van der Waals surface area contributed by atoms with Crippen LogP contribution in [0.25, 0.3) is 21.8 Å². The van der Waals surface area contributed by atoms with E-state index in [0.29, 0.717) is 5.69 Å². The molecule has 26 heavy (non-hydrogen) atoms. The first-order chi connectivity index (χ1) is 12.3. The third-order valence-electron chi connectivity index (χ3n) is 4.47. The summed E-state index contributed by atoms with van der Waals surface area (Å²) < 4.78 is 0. The van der Waals surface area contributed by atoms with Gasteiger partial charge in [0.1, 0.15) is 10.7 Å². The Bertz CT molecular complexity index is 923. The lowest BCUT2D eigenvalue weighted by atomic mass is 10.0. The lowest BCUT2D eigenvalue weighted by Gasteiger charge is -2.31. The number of benzene rings is 1. The Kier molecular flexibility index (Phi) is 4.92. The predicted molar refractivity (Wildman–Crippen MR) is 107 cm³/mol. The largest absolute Gasteiger partial charge is 0.336 e. The van der Waals surface area contributed by atoms with Gasteiger partial charge in [0.2, 0.25) is 0 Å². The van der Waals surface area contributed by atoms with Gasteiger partial charge in [0.25, 0.3) is 5.91 Å². The van der Waals surface area contributed by atoms with Gasteiger partial charge in [-0.2, -0.15) is 0 Å². The van der Waals surface area contributed by atoms with Gasteiger partial charge in [-0.25, -0.2) is 4.98 Å². The van der Waals surface area contributed by atoms with Crippen LogP contribution in [0, 0.1) is 6.92 Å². The lowest BCUT2D eigenvalue weighted by Crippen LogP contribution is -2.42. The molecule has 134 valence electrons. The number of thiazole rings is 1. The van der Waals surface area contributed by atoms with Gasteiger partial charge < -0.3 is 4.90 Å². The van der Waals surface area contributed by atoms with Crippen molar-refractivity contribution in [1.29, 1.82) is 0 Å². The maximum absolute atomic E-state index is 12.6. The molecule has 0 atom stereocenters. The summed E-state index contributed by atoms with van der Waals surface area (Å²) in [6.07, 6.45) is 1.86. The average Bonchev–Trinajstić information content (AvgIpc) is 3.10. The summed E-state index contributed by atoms with van der Waals surface area (Å²) in [7, 11) is 1.80. The first-order valence-electron chi connectivity index (χ1n) is 8.53. The van der Waals surface area contributed by atoms with Gasteiger partial charge in [0.05, 0.1) is 5.69 Å². The fourth-order valence-electron chi connectivity index (χ4n) is 2.54. The topological polar surface area (TPSA) is 46.1 Å². The molecule has 0 fully saturated rings. The van der Waals surface area contributed by atoms with E-state index in [1.807, 2.05) is 45.2 Å². The molecule has 0 saturated carbocycles. The highest BCUT2D eigenvalue weighted by molar-refractivity contribution is 7.13. The molecule has 1 amide bonds. The highest BCUT2D eigenvalue weighted by atomic mass is 32.1. The molecular weight excluding hydrogens is 342 g/mol. The van der Waals surface area contributed by atoms with Crippen LogP contribution in [0.3, 0.4) is 0 Å². The Hall–Kier alpha value is -2.53. The van der Waals surface area contributed by atoms with E-state index in [4.69, 9.17) is 0 Å². The van der Waals surface area contributed by atoms with Gasteiger partial charge >= 0.3 is 0 Å². The number of amides is 1. The van der Waals surface area contributed by atoms with Crippen molar-refractivity contribution in [3.8, 4) is 21.8 Å². The van der Waals surface area contributed by atoms with E-state index in [2.05, 4.69) is 35.1 Å². The maximum Gasteiger partial charge on any atom is 0.273 e. The van der Waals surface area contributed by atoms with E-state index in [-0.39, 0.29) is 11.4 Å². The van der Waals surface area contributed by atoms with Crippen molar-refractivity contribution in [1.82, 2.24) is 14.9 Å². The van der Waals surface area contributed by atoms with Crippen LogP contribution in [0.5, 0.6) is 0 Å². The fraction of sp³-hybridized carbons (Fsp3) is 0.286. The summed E-state index contributed by atoms with van der Waals surface area (Å²) in [5, 5.41) is 2.56. The molecule has 0 saturated heterocycles. The van der Waals surface area contributed by atoms with Crippen LogP contribution in [0.1, 0.15) is 36.8 Å². The van der Waals surface area contributed by atoms with Crippen molar-refractivity contribution in [2.45, 2.75) is 33.2 Å². The number of hydrogen-bond donors (Lipinski definition) is 0. The molecule has 0 bridgehead atoms. The van der Waals surface area contributed by atoms with Crippen molar-refractivity contribution in [3.05, 3.63) is 59.2 Å². The van der Waals surface area contributed by atoms with E-state index in [1.165, 1.54) is 22.5 Å². The minimum atomic E-state index is -0.242. The fourth-order valence-corrected chi connectivity index (χ4v) is 3.31. The molecule has 0 aliphatic heterocycles. The quantitative estimate of drug-likeness (QED) is 0.652. The van der Waals surface area contributed by atoms with Crippen molar-refractivity contribution in [3.63, 3.8) is 0 Å². The predicted octanol–water partition coefficient (Wildman–Crippen LogP) is 5.05. The van der Waals surface area contributed by atoms with Gasteiger partial charge in [-0.05, 0) is 44.9 Å². The second kappa shape index (κ2) is 7.00. The van der Waals surface area contributed by atoms with Gasteiger partial charge in [-0.15, -0.1) is 11.3 Å². The lowest BCUT2D eigenvalue weighted by molar-refractivity contribution is 0.0650. The van der Waals surface area contributed by atoms with Crippen molar-refractivity contribution < 1.29 is 4.79 Å². The smallest absolute Gasteiger partial charge is 0.273 e. The number of nitrogens with zero attached hydrogens (tertiary/aromatic N) is 3. The Balaban J connectivity index is 1.84. The molecular formula is C21H23N3OS. The Morgan fingerprint density at radius 2 is 1.85 bits per heavy atom. The zero-order valence-electron chi connectivity index (χ0n) is 15.8. The second-order valence-electron chi connectivity index (χ2n) is 7.32. The molecule has 0 unspecified atom stereocenters. The molecule has 0 aliphatic rings. The van der Waals surface area contributed by atoms with Crippen molar-refractivity contribution in [2.24, 2.45) is 0 Å². The zero-order valence-corrected chi connectivity index (χ0v) is 16.6. The number of hydrogen-bond acceptors (Lipinski definition) is 4. The van der Waals surface area contributed by atoms with E-state index in [0.717, 1.165) is 16.3 Å². The summed E-state index contributed by atoms with van der Waals surface area (Å²) in [6, 6.07) is 12.3. The molecule has 3 rings (SSSR count). The van der Waals surface area contributed by atoms with Crippen LogP contribution < -0.4 is 0 Å². The van der Waals surface area contributed by atoms with Crippen LogP contribution >= 0.6 is 11.3 Å². The van der Waals surface area contributed by atoms with Gasteiger partial charge in [-0.1, -0.05) is 30.3 Å². The summed E-state index contributed by atoms with van der Waals surface area (Å²) in [5.74, 6) is -0.0727. The molecule has 1 aromatic carbocycles. The molecule has 0 radical (unpaired) electrons. The summed E-state index contributed by atoms with van der Waals surface area (Å²) in [5.41, 5.74) is 4.47. The average molecular weight is 366 g/mol. The van der Waals surface area contributed by atoms with Crippen LogP contribution in [-0.4, -0.2) is 33.4 Å². The summed E-state index contributed by atoms with van der Waals surface area (Å²) in [6.45, 7) is 8.10. The Morgan fingerprint density at radius 3 is 2.46 bits per heavy atom. The number of aryl methyl sites for hydroxylation is 1. The van der Waals surface area contributed by atoms with Crippen LogP contribution in [-0.2, 0) is 0 Å². The van der Waals surface area contributed by atoms with Gasteiger partial charge in [-0.3, -0.25) is 9.78 Å². The Labute approximate surface area is 158 Å². The maximum atomic E-state index is 12.6. The molecule has 3 aromatic rings. The molecule has 5 heteroatoms. The van der Waals surface area contributed by atoms with Crippen LogP contribution in [0.4, 0.5) is 0 Å². The second-order valence-corrected chi connectivity index (χ2v) is 8.18. The van der Waals surface area contributed by atoms with E-state index in [9.17, 15) is 4.79 Å². The molecule has 0 aliphatic carbocycles. The molecule has 0 N–H and O–H groups in total. The number of aromatic nitrogens is 2. The van der Waals surface area contributed by atoms with E-state index < -0.39 is 0 Å². The van der Waals surface area contributed by atoms with Crippen molar-refractivity contribution in [2.75, 3.05) is 7.05 Å². The summed E-state index contributed by atoms with van der Waals surface area (Å²) >= 11 is 1.44. The van der Waals surface area contributed by atoms with Crippen LogP contribution in [0.15, 0.2) is 48.0 Å². The number of carbonyl (C=O) groups excluding carboxylic acids is 1. The highest BCUT2D eigenvalue weighted by Gasteiger charge is 2.25. The van der Waals surface area contributed by atoms with Gasteiger partial charge in [0.15, 0.2) is 0 Å². The minimum absolute atomic E-state index is 0.0727. The van der Waals surface area contributed by atoms with Crippen LogP contribution in [0.2, 0.25) is 0 Å². The number of pyridine rings is 1. The minimum Gasteiger partial charge on any atom is -0.336 e. The Morgan fingerprint density at radius 1 is 1.12 bits per heavy atom. The van der Waals surface area contributed by atoms with E-state index >= 15 is 0 Å². The highest BCUT2D eigenvalue weighted by Crippen LogP contribution is 2.27. The molecule has 2 aromatic heterocycles. The third-order valence-corrected chi connectivity index (χ3v) is 5.34. The standard InChI is InChI=1S/C21H23N3OS/c1-14-8-6-7-9-16(14)15-10-11-17(22-12-15)19-23-18(13-26-19)20(25)24(5)21(2,3)4/h6-13H,1-5H3. The van der Waals surface area contributed by atoms with E-state index in [1.54, 1.807) is 17.3 Å². The number of carbonyl (C=O) groups is 1.